The first-order valence-electron chi connectivity index (χ1n) is 20.0. The summed E-state index contributed by atoms with van der Waals surface area (Å²) in [5.74, 6) is -5.24. The molecular weight excluding hydrogens is 888 g/mol. The van der Waals surface area contributed by atoms with Crippen LogP contribution in [0.5, 0.6) is 40.2 Å². The number of carbonyl (C=O) groups is 1. The van der Waals surface area contributed by atoms with Gasteiger partial charge in [-0.3, -0.25) is 0 Å². The number of phenolic OH excluding ortho intramolecular Hbond substituents is 4. The predicted octanol–water partition coefficient (Wildman–Crippen LogP) is -3.00. The summed E-state index contributed by atoms with van der Waals surface area (Å²) in [5, 5.41) is 157. The number of esters is 1. The van der Waals surface area contributed by atoms with Crippen molar-refractivity contribution in [2.45, 2.75) is 92.1 Å². The average molecular weight is 936 g/mol. The molecule has 1 aromatic heterocycles. The fraction of sp³-hybridized carbons (Fsp3) is 0.429. The van der Waals surface area contributed by atoms with Crippen LogP contribution >= 0.6 is 0 Å². The molecule has 358 valence electrons. The Labute approximate surface area is 371 Å². The van der Waals surface area contributed by atoms with E-state index in [1.54, 1.807) is 0 Å². The number of hydrogen-bond donors (Lipinski definition) is 15. The van der Waals surface area contributed by atoms with Gasteiger partial charge in [0.1, 0.15) is 102 Å². The van der Waals surface area contributed by atoms with E-state index in [1.165, 1.54) is 30.3 Å². The molecule has 3 aliphatic rings. The molecule has 0 radical (unpaired) electrons. The van der Waals surface area contributed by atoms with Gasteiger partial charge in [0.05, 0.1) is 24.8 Å². The number of aliphatic hydroxyl groups excluding tert-OH is 11. The van der Waals surface area contributed by atoms with Crippen molar-refractivity contribution in [3.8, 4) is 51.6 Å². The van der Waals surface area contributed by atoms with Crippen LogP contribution in [-0.4, -0.2) is 195 Å². The van der Waals surface area contributed by atoms with Gasteiger partial charge in [0.2, 0.25) is 30.4 Å². The molecule has 3 saturated heterocycles. The Hall–Kier alpha value is -5.68. The molecule has 0 saturated carbocycles. The van der Waals surface area contributed by atoms with Crippen molar-refractivity contribution in [3.63, 3.8) is 0 Å². The lowest BCUT2D eigenvalue weighted by molar-refractivity contribution is -0.278. The zero-order chi connectivity index (χ0) is 47.7. The van der Waals surface area contributed by atoms with Gasteiger partial charge in [-0.05, 0) is 23.8 Å². The number of ether oxygens (including phenoxy) is 7. The van der Waals surface area contributed by atoms with Gasteiger partial charge in [0.25, 0.3) is 0 Å². The van der Waals surface area contributed by atoms with Gasteiger partial charge in [-0.25, -0.2) is 9.21 Å². The average Bonchev–Trinajstić information content (AvgIpc) is 3.30. The molecular formula is C42H47O24+. The van der Waals surface area contributed by atoms with Crippen LogP contribution in [0.25, 0.3) is 28.4 Å². The topological polar surface area (TPSA) is 396 Å². The van der Waals surface area contributed by atoms with E-state index in [4.69, 9.17) is 37.6 Å². The third-order valence-electron chi connectivity index (χ3n) is 10.9. The first-order valence-corrected chi connectivity index (χ1v) is 20.0. The van der Waals surface area contributed by atoms with Crippen molar-refractivity contribution >= 4 is 23.0 Å². The summed E-state index contributed by atoms with van der Waals surface area (Å²) in [6, 6.07) is 10.9. The second-order valence-electron chi connectivity index (χ2n) is 15.5. The summed E-state index contributed by atoms with van der Waals surface area (Å²) >= 11 is 0. The summed E-state index contributed by atoms with van der Waals surface area (Å²) in [4.78, 5) is 12.5. The fourth-order valence-corrected chi connectivity index (χ4v) is 7.19. The quantitative estimate of drug-likeness (QED) is 0.0275. The summed E-state index contributed by atoms with van der Waals surface area (Å²) in [7, 11) is 0. The van der Waals surface area contributed by atoms with Crippen molar-refractivity contribution in [2.24, 2.45) is 0 Å². The molecule has 4 aromatic rings. The van der Waals surface area contributed by atoms with Gasteiger partial charge in [-0.15, -0.1) is 0 Å². The third-order valence-corrected chi connectivity index (χ3v) is 10.9. The molecule has 0 aliphatic carbocycles. The number of hydrogen-bond acceptors (Lipinski definition) is 23. The van der Waals surface area contributed by atoms with Crippen LogP contribution in [-0.2, 0) is 23.7 Å². The highest BCUT2D eigenvalue weighted by atomic mass is 16.7. The van der Waals surface area contributed by atoms with Crippen molar-refractivity contribution < 1.29 is 119 Å². The number of rotatable bonds is 13. The minimum absolute atomic E-state index is 0.00455. The van der Waals surface area contributed by atoms with Crippen LogP contribution in [0.3, 0.4) is 0 Å². The molecule has 0 amide bonds. The molecule has 24 heteroatoms. The van der Waals surface area contributed by atoms with E-state index < -0.39 is 152 Å². The van der Waals surface area contributed by atoms with Crippen LogP contribution in [0.2, 0.25) is 0 Å². The highest BCUT2D eigenvalue weighted by Gasteiger charge is 2.48. The van der Waals surface area contributed by atoms with E-state index in [9.17, 15) is 81.4 Å². The normalized spacial score (nSPS) is 32.6. The summed E-state index contributed by atoms with van der Waals surface area (Å²) in [6.45, 7) is -2.36. The first kappa shape index (κ1) is 48.3. The number of carbonyl (C=O) groups excluding carboxylic acids is 1. The van der Waals surface area contributed by atoms with Crippen LogP contribution < -0.4 is 14.2 Å². The number of benzene rings is 3. The Balaban J connectivity index is 1.23. The minimum atomic E-state index is -2.01. The van der Waals surface area contributed by atoms with Crippen molar-refractivity contribution in [2.75, 3.05) is 19.8 Å². The maximum absolute atomic E-state index is 12.5. The van der Waals surface area contributed by atoms with Crippen molar-refractivity contribution in [3.05, 3.63) is 66.2 Å². The molecule has 7 rings (SSSR count). The summed E-state index contributed by atoms with van der Waals surface area (Å²) < 4.78 is 45.4. The van der Waals surface area contributed by atoms with Crippen molar-refractivity contribution in [1.82, 2.24) is 0 Å². The van der Waals surface area contributed by atoms with E-state index in [0.717, 1.165) is 36.4 Å². The molecule has 15 atom stereocenters. The standard InChI is InChI=1S/C42H46O24/c43-12-25-30(50)33(53)36(56)41(64-25)62-23-8-16(7-20(47)29(23)49)39-24(63-42-37(57)34(54)31(51)26(13-44)65-42)11-19-21(60-39)9-18(46)10-22(19)61-40-38(58)35(55)32(52)27(66-40)14-59-28(48)6-3-15-1-4-17(45)5-2-15/h1-11,25-27,30-38,40-44,50-58H,12-14H2,(H3-,45,46,47,48,49)/p+1. The van der Waals surface area contributed by atoms with E-state index in [0.29, 0.717) is 5.56 Å². The lowest BCUT2D eigenvalue weighted by atomic mass is 9.99. The maximum atomic E-state index is 12.5. The Bertz CT molecular complexity index is 2360. The second-order valence-corrected chi connectivity index (χ2v) is 15.5. The molecule has 0 spiro atoms. The van der Waals surface area contributed by atoms with E-state index in [-0.39, 0.29) is 28.0 Å². The number of aliphatic hydroxyl groups is 11. The van der Waals surface area contributed by atoms with Gasteiger partial charge in [0, 0.05) is 30.3 Å². The van der Waals surface area contributed by atoms with Crippen LogP contribution in [0, 0.1) is 0 Å². The molecule has 24 nitrogen and oxygen atoms in total. The Kier molecular flexibility index (Phi) is 14.7. The van der Waals surface area contributed by atoms with Crippen LogP contribution in [0.1, 0.15) is 5.56 Å². The van der Waals surface area contributed by atoms with Gasteiger partial charge >= 0.3 is 17.3 Å². The Morgan fingerprint density at radius 3 is 1.65 bits per heavy atom. The number of fused-ring (bicyclic) bond motifs is 1. The maximum Gasteiger partial charge on any atom is 0.402 e. The smallest absolute Gasteiger partial charge is 0.402 e. The number of aromatic hydroxyl groups is 4. The molecule has 0 bridgehead atoms. The zero-order valence-electron chi connectivity index (χ0n) is 34.0. The lowest BCUT2D eigenvalue weighted by Crippen LogP contribution is -2.60. The molecule has 4 heterocycles. The van der Waals surface area contributed by atoms with Crippen LogP contribution in [0.4, 0.5) is 0 Å². The highest BCUT2D eigenvalue weighted by Crippen LogP contribution is 2.46. The van der Waals surface area contributed by atoms with E-state index in [1.807, 2.05) is 0 Å². The molecule has 3 aliphatic heterocycles. The molecule has 15 N–H and O–H groups in total. The molecule has 15 unspecified atom stereocenters. The first-order chi connectivity index (χ1) is 31.4. The summed E-state index contributed by atoms with van der Waals surface area (Å²) in [6.07, 6.45) is -24.8. The van der Waals surface area contributed by atoms with E-state index >= 15 is 0 Å². The largest absolute Gasteiger partial charge is 0.508 e. The van der Waals surface area contributed by atoms with Gasteiger partial charge in [-0.1, -0.05) is 12.1 Å². The molecule has 3 aromatic carbocycles. The zero-order valence-corrected chi connectivity index (χ0v) is 34.0. The van der Waals surface area contributed by atoms with Gasteiger partial charge in [-0.2, -0.15) is 0 Å². The van der Waals surface area contributed by atoms with Crippen molar-refractivity contribution in [1.29, 1.82) is 0 Å². The molecule has 66 heavy (non-hydrogen) atoms. The van der Waals surface area contributed by atoms with Gasteiger partial charge in [0.15, 0.2) is 11.5 Å². The Morgan fingerprint density at radius 2 is 1.09 bits per heavy atom. The lowest BCUT2D eigenvalue weighted by Gasteiger charge is -2.40. The predicted molar refractivity (Wildman–Crippen MR) is 215 cm³/mol. The van der Waals surface area contributed by atoms with Crippen LogP contribution in [0.15, 0.2) is 65.1 Å². The fourth-order valence-electron chi connectivity index (χ4n) is 7.19. The van der Waals surface area contributed by atoms with Gasteiger partial charge < -0.3 is 110 Å². The highest BCUT2D eigenvalue weighted by molar-refractivity contribution is 5.89. The summed E-state index contributed by atoms with van der Waals surface area (Å²) in [5.41, 5.74) is 0.00833. The van der Waals surface area contributed by atoms with E-state index in [2.05, 4.69) is 0 Å². The monoisotopic (exact) mass is 935 g/mol. The Morgan fingerprint density at radius 1 is 0.576 bits per heavy atom. The second kappa shape index (κ2) is 20.0. The third kappa shape index (κ3) is 10.0. The molecule has 3 fully saturated rings. The number of phenols is 4. The minimum Gasteiger partial charge on any atom is -0.508 e. The SMILES string of the molecule is O=C(C=Cc1ccc(O)cc1)OCC1OC(Oc2cc(O)cc3[o+]c(-c4cc(O)c(O)c(OC5OC(CO)C(O)C(O)C5O)c4)c(OC4OC(CO)C(O)C(O)C4O)cc23)C(O)C(O)C1O.